The third-order valence-corrected chi connectivity index (χ3v) is 2.70. The van der Waals surface area contributed by atoms with Crippen molar-refractivity contribution in [1.82, 2.24) is 13.7 Å². The van der Waals surface area contributed by atoms with E-state index in [0.29, 0.717) is 11.0 Å². The molecule has 2 rings (SSSR count). The zero-order valence-corrected chi connectivity index (χ0v) is 9.02. The Morgan fingerprint density at radius 2 is 1.87 bits per heavy atom. The van der Waals surface area contributed by atoms with Gasteiger partial charge in [-0.05, 0) is 13.0 Å². The van der Waals surface area contributed by atoms with Gasteiger partial charge in [0.15, 0.2) is 0 Å². The summed E-state index contributed by atoms with van der Waals surface area (Å²) in [7, 11) is 3.17. The molecule has 0 atom stereocenters. The van der Waals surface area contributed by atoms with E-state index in [4.69, 9.17) is 0 Å². The summed E-state index contributed by atoms with van der Waals surface area (Å²) < 4.78 is 4.51. The summed E-state index contributed by atoms with van der Waals surface area (Å²) in [5.41, 5.74) is 0.159. The maximum atomic E-state index is 11.8. The summed E-state index contributed by atoms with van der Waals surface area (Å²) in [5, 5.41) is 0.585. The van der Waals surface area contributed by atoms with Gasteiger partial charge in [0, 0.05) is 26.8 Å². The topological polar surface area (TPSA) is 48.9 Å². The van der Waals surface area contributed by atoms with Crippen molar-refractivity contribution >= 4 is 11.0 Å². The van der Waals surface area contributed by atoms with Gasteiger partial charge in [-0.15, -0.1) is 0 Å². The molecule has 0 N–H and O–H groups in total. The lowest BCUT2D eigenvalue weighted by Gasteiger charge is -2.07. The summed E-state index contributed by atoms with van der Waals surface area (Å²) in [6.07, 6.45) is 1.82. The molecule has 0 aliphatic rings. The monoisotopic (exact) mass is 207 g/mol. The van der Waals surface area contributed by atoms with E-state index < -0.39 is 0 Å². The Morgan fingerprint density at radius 3 is 2.47 bits per heavy atom. The van der Waals surface area contributed by atoms with Crippen LogP contribution in [0.2, 0.25) is 0 Å². The number of nitrogens with zero attached hydrogens (tertiary/aromatic N) is 3. The number of fused-ring (bicyclic) bond motifs is 1. The quantitative estimate of drug-likeness (QED) is 0.664. The summed E-state index contributed by atoms with van der Waals surface area (Å²) in [5.74, 6) is 0. The number of rotatable bonds is 1. The van der Waals surface area contributed by atoms with E-state index in [1.54, 1.807) is 13.1 Å². The molecule has 0 fully saturated rings. The lowest BCUT2D eigenvalue weighted by Crippen LogP contribution is -2.37. The largest absolute Gasteiger partial charge is 0.334 e. The van der Waals surface area contributed by atoms with E-state index in [2.05, 4.69) is 0 Å². The first-order valence-corrected chi connectivity index (χ1v) is 4.82. The second kappa shape index (κ2) is 3.12. The van der Waals surface area contributed by atoms with Gasteiger partial charge in [0.1, 0.15) is 5.65 Å². The maximum absolute atomic E-state index is 11.8. The normalized spacial score (nSPS) is 11.1. The van der Waals surface area contributed by atoms with Crippen LogP contribution >= 0.6 is 0 Å². The smallest absolute Gasteiger partial charge is 0.332 e. The van der Waals surface area contributed by atoms with Crippen LogP contribution < -0.4 is 11.2 Å². The van der Waals surface area contributed by atoms with Gasteiger partial charge in [0.25, 0.3) is 5.56 Å². The van der Waals surface area contributed by atoms with E-state index in [1.165, 1.54) is 11.6 Å². The Labute approximate surface area is 86.2 Å². The molecular weight excluding hydrogens is 194 g/mol. The number of hydrogen-bond donors (Lipinski definition) is 0. The van der Waals surface area contributed by atoms with Crippen molar-refractivity contribution in [2.45, 2.75) is 13.5 Å². The minimum Gasteiger partial charge on any atom is -0.334 e. The third-order valence-electron chi connectivity index (χ3n) is 2.70. The van der Waals surface area contributed by atoms with Gasteiger partial charge >= 0.3 is 5.69 Å². The van der Waals surface area contributed by atoms with Gasteiger partial charge in [0.2, 0.25) is 0 Å². The molecule has 15 heavy (non-hydrogen) atoms. The fourth-order valence-electron chi connectivity index (χ4n) is 1.84. The maximum Gasteiger partial charge on any atom is 0.332 e. The molecule has 0 aliphatic carbocycles. The summed E-state index contributed by atoms with van der Waals surface area (Å²) in [6, 6.07) is 1.75. The van der Waals surface area contributed by atoms with Crippen LogP contribution in [0.3, 0.4) is 0 Å². The average Bonchev–Trinajstić information content (AvgIpc) is 2.67. The average molecular weight is 207 g/mol. The molecule has 0 saturated heterocycles. The molecule has 80 valence electrons. The van der Waals surface area contributed by atoms with Gasteiger partial charge in [-0.2, -0.15) is 0 Å². The molecule has 0 aromatic carbocycles. The highest BCUT2D eigenvalue weighted by Gasteiger charge is 2.10. The highest BCUT2D eigenvalue weighted by molar-refractivity contribution is 5.75. The lowest BCUT2D eigenvalue weighted by molar-refractivity contribution is 0.682. The summed E-state index contributed by atoms with van der Waals surface area (Å²) in [4.78, 5) is 23.4. The second-order valence-electron chi connectivity index (χ2n) is 3.54. The highest BCUT2D eigenvalue weighted by atomic mass is 16.2. The zero-order valence-electron chi connectivity index (χ0n) is 9.02. The van der Waals surface area contributed by atoms with Crippen LogP contribution in [0, 0.1) is 0 Å². The Balaban J connectivity index is 3.11. The molecular formula is C10H13N3O2. The highest BCUT2D eigenvalue weighted by Crippen LogP contribution is 2.08. The Hall–Kier alpha value is -1.78. The Kier molecular flexibility index (Phi) is 2.03. The SMILES string of the molecule is CCn1ccc2c(=O)n(C)c(=O)n(C)c21. The fraction of sp³-hybridized carbons (Fsp3) is 0.400. The first-order valence-electron chi connectivity index (χ1n) is 4.82. The molecule has 0 saturated carbocycles. The minimum absolute atomic E-state index is 0.236. The van der Waals surface area contributed by atoms with Crippen molar-refractivity contribution in [3.63, 3.8) is 0 Å². The lowest BCUT2D eigenvalue weighted by atomic mass is 10.4. The van der Waals surface area contributed by atoms with Crippen molar-refractivity contribution < 1.29 is 0 Å². The molecule has 0 amide bonds. The van der Waals surface area contributed by atoms with E-state index >= 15 is 0 Å². The molecule has 2 aromatic rings. The van der Waals surface area contributed by atoms with Crippen molar-refractivity contribution in [1.29, 1.82) is 0 Å². The van der Waals surface area contributed by atoms with Gasteiger partial charge in [-0.25, -0.2) is 4.79 Å². The molecule has 0 bridgehead atoms. The van der Waals surface area contributed by atoms with Gasteiger partial charge in [-0.3, -0.25) is 13.9 Å². The molecule has 2 aromatic heterocycles. The summed E-state index contributed by atoms with van der Waals surface area (Å²) in [6.45, 7) is 2.71. The molecule has 0 spiro atoms. The van der Waals surface area contributed by atoms with Crippen molar-refractivity contribution in [3.8, 4) is 0 Å². The van der Waals surface area contributed by atoms with Gasteiger partial charge < -0.3 is 4.57 Å². The molecule has 0 unspecified atom stereocenters. The van der Waals surface area contributed by atoms with Crippen LogP contribution in [0.1, 0.15) is 6.92 Å². The Morgan fingerprint density at radius 1 is 1.20 bits per heavy atom. The zero-order chi connectivity index (χ0) is 11.2. The van der Waals surface area contributed by atoms with Crippen molar-refractivity contribution in [3.05, 3.63) is 33.1 Å². The molecule has 0 aliphatic heterocycles. The third kappa shape index (κ3) is 1.16. The predicted octanol–water partition coefficient (Wildman–Crippen LogP) is 0.0586. The first-order chi connectivity index (χ1) is 7.07. The van der Waals surface area contributed by atoms with E-state index in [1.807, 2.05) is 17.7 Å². The molecule has 0 radical (unpaired) electrons. The fourth-order valence-corrected chi connectivity index (χ4v) is 1.84. The number of aromatic nitrogens is 3. The number of hydrogen-bond acceptors (Lipinski definition) is 2. The van der Waals surface area contributed by atoms with E-state index in [9.17, 15) is 9.59 Å². The first kappa shape index (κ1) is 9.76. The van der Waals surface area contributed by atoms with Gasteiger partial charge in [0.05, 0.1) is 5.39 Å². The van der Waals surface area contributed by atoms with Crippen LogP contribution in [0.4, 0.5) is 0 Å². The van der Waals surface area contributed by atoms with E-state index in [-0.39, 0.29) is 11.2 Å². The summed E-state index contributed by atoms with van der Waals surface area (Å²) >= 11 is 0. The Bertz CT molecular complexity index is 630. The van der Waals surface area contributed by atoms with Crippen molar-refractivity contribution in [2.75, 3.05) is 0 Å². The van der Waals surface area contributed by atoms with Crippen LogP contribution in [0.5, 0.6) is 0 Å². The second-order valence-corrected chi connectivity index (χ2v) is 3.54. The van der Waals surface area contributed by atoms with Crippen molar-refractivity contribution in [2.24, 2.45) is 14.1 Å². The molecule has 2 heterocycles. The molecule has 5 nitrogen and oxygen atoms in total. The predicted molar refractivity (Wildman–Crippen MR) is 58.1 cm³/mol. The molecule has 5 heteroatoms. The van der Waals surface area contributed by atoms with Crippen LogP contribution in [-0.4, -0.2) is 13.7 Å². The van der Waals surface area contributed by atoms with Crippen LogP contribution in [0.15, 0.2) is 21.9 Å². The minimum atomic E-state index is -0.291. The number of aryl methyl sites for hydroxylation is 2. The van der Waals surface area contributed by atoms with Crippen LogP contribution in [-0.2, 0) is 20.6 Å². The van der Waals surface area contributed by atoms with Gasteiger partial charge in [-0.1, -0.05) is 0 Å². The standard InChI is InChI=1S/C10H13N3O2/c1-4-13-6-5-7-8(13)11(2)10(15)12(3)9(7)14/h5-6H,4H2,1-3H3. The van der Waals surface area contributed by atoms with E-state index in [0.717, 1.165) is 11.1 Å². The van der Waals surface area contributed by atoms with Crippen LogP contribution in [0.25, 0.3) is 11.0 Å².